The summed E-state index contributed by atoms with van der Waals surface area (Å²) in [5.41, 5.74) is 0. The molecule has 13 heteroatoms. The molecule has 0 aliphatic heterocycles. The lowest BCUT2D eigenvalue weighted by atomic mass is 10.1. The van der Waals surface area contributed by atoms with E-state index in [4.69, 9.17) is 28.0 Å². The highest BCUT2D eigenvalue weighted by Crippen LogP contribution is 2.38. The Bertz CT molecular complexity index is 1070. The van der Waals surface area contributed by atoms with Crippen molar-refractivity contribution in [2.45, 2.75) is 200 Å². The largest absolute Gasteiger partial charge is 0.756 e. The Balaban J connectivity index is 4.50. The zero-order valence-corrected chi connectivity index (χ0v) is 37.8. The number of alkyl carbamates (subject to hydrolysis) is 1. The van der Waals surface area contributed by atoms with E-state index in [2.05, 4.69) is 43.5 Å². The Morgan fingerprint density at radius 1 is 0.552 bits per heavy atom. The van der Waals surface area contributed by atoms with Crippen molar-refractivity contribution >= 4 is 25.9 Å². The van der Waals surface area contributed by atoms with E-state index in [1.165, 1.54) is 84.2 Å². The minimum atomic E-state index is -4.83. The third-order valence-corrected chi connectivity index (χ3v) is 10.5. The van der Waals surface area contributed by atoms with E-state index in [1.807, 2.05) is 0 Å². The lowest BCUT2D eigenvalue weighted by Crippen LogP contribution is -2.31. The smallest absolute Gasteiger partial charge is 0.407 e. The standard InChI is InChI=1S/C45H84NO11P/c1-4-6-8-10-12-14-16-18-20-22-24-26-28-30-32-34-43(47)54-40-42(41-56-58(50,51)55-37-36-46-45(49)53-39-38-52-3)57-44(48)35-33-31-29-27-25-23-21-19-17-15-13-11-9-7-5-2/h18-21,42H,4-17,22-41H2,1-3H3,(H,46,49)(H,50,51)/p-1/b20-18-,21-19-/t42-/m1/s1. The van der Waals surface area contributed by atoms with Crippen LogP contribution in [0.4, 0.5) is 4.79 Å². The zero-order chi connectivity index (χ0) is 42.6. The molecule has 2 atom stereocenters. The van der Waals surface area contributed by atoms with Gasteiger partial charge in [-0.15, -0.1) is 0 Å². The first-order valence-electron chi connectivity index (χ1n) is 22.9. The highest BCUT2D eigenvalue weighted by atomic mass is 31.2. The molecule has 1 N–H and O–H groups in total. The number of hydrogen-bond acceptors (Lipinski definition) is 11. The van der Waals surface area contributed by atoms with Gasteiger partial charge >= 0.3 is 18.0 Å². The van der Waals surface area contributed by atoms with E-state index in [9.17, 15) is 23.8 Å². The number of hydrogen-bond donors (Lipinski definition) is 1. The van der Waals surface area contributed by atoms with Crippen LogP contribution in [0.2, 0.25) is 0 Å². The van der Waals surface area contributed by atoms with Gasteiger partial charge < -0.3 is 38.2 Å². The topological polar surface area (TPSA) is 159 Å². The summed E-state index contributed by atoms with van der Waals surface area (Å²) in [5.74, 6) is -0.960. The van der Waals surface area contributed by atoms with Crippen LogP contribution >= 0.6 is 7.82 Å². The van der Waals surface area contributed by atoms with Crippen LogP contribution in [0, 0.1) is 0 Å². The number of esters is 2. The molecule has 0 radical (unpaired) electrons. The van der Waals surface area contributed by atoms with Crippen molar-refractivity contribution in [1.29, 1.82) is 0 Å². The van der Waals surface area contributed by atoms with Crippen molar-refractivity contribution in [2.24, 2.45) is 0 Å². The molecule has 0 aromatic rings. The molecule has 0 saturated carbocycles. The summed E-state index contributed by atoms with van der Waals surface area (Å²) in [5, 5.41) is 2.35. The van der Waals surface area contributed by atoms with Crippen LogP contribution in [0.25, 0.3) is 0 Å². The lowest BCUT2D eigenvalue weighted by Gasteiger charge is -2.25. The monoisotopic (exact) mass is 845 g/mol. The predicted molar refractivity (Wildman–Crippen MR) is 230 cm³/mol. The first-order valence-corrected chi connectivity index (χ1v) is 24.3. The van der Waals surface area contributed by atoms with Gasteiger partial charge in [-0.3, -0.25) is 14.2 Å². The minimum absolute atomic E-state index is 0.0474. The van der Waals surface area contributed by atoms with E-state index in [-0.39, 0.29) is 39.2 Å². The number of unbranched alkanes of at least 4 members (excludes halogenated alkanes) is 22. The third-order valence-electron chi connectivity index (χ3n) is 9.57. The van der Waals surface area contributed by atoms with Gasteiger partial charge in [-0.2, -0.15) is 0 Å². The summed E-state index contributed by atoms with van der Waals surface area (Å²) in [6.07, 6.45) is 37.5. The molecule has 0 spiro atoms. The lowest BCUT2D eigenvalue weighted by molar-refractivity contribution is -0.228. The van der Waals surface area contributed by atoms with Gasteiger partial charge in [0.15, 0.2) is 6.10 Å². The number of phosphoric ester groups is 1. The molecule has 1 amide bonds. The Morgan fingerprint density at radius 3 is 1.48 bits per heavy atom. The summed E-state index contributed by atoms with van der Waals surface area (Å²) in [7, 11) is -3.36. The molecule has 58 heavy (non-hydrogen) atoms. The molecule has 0 fully saturated rings. The second-order valence-corrected chi connectivity index (χ2v) is 16.5. The van der Waals surface area contributed by atoms with Gasteiger partial charge in [0.25, 0.3) is 7.82 Å². The molecule has 340 valence electrons. The van der Waals surface area contributed by atoms with E-state index < -0.39 is 45.2 Å². The number of carbonyl (C=O) groups is 3. The van der Waals surface area contributed by atoms with Crippen molar-refractivity contribution < 1.29 is 51.8 Å². The van der Waals surface area contributed by atoms with Crippen LogP contribution in [0.1, 0.15) is 194 Å². The summed E-state index contributed by atoms with van der Waals surface area (Å²) < 4.78 is 42.7. The fraction of sp³-hybridized carbons (Fsp3) is 0.844. The van der Waals surface area contributed by atoms with Gasteiger partial charge in [-0.25, -0.2) is 4.79 Å². The molecule has 1 unspecified atom stereocenters. The quantitative estimate of drug-likeness (QED) is 0.0205. The molecule has 0 aromatic heterocycles. The molecule has 12 nitrogen and oxygen atoms in total. The molecule has 0 aromatic carbocycles. The molecule has 0 aliphatic carbocycles. The number of amides is 1. The predicted octanol–water partition coefficient (Wildman–Crippen LogP) is 11.4. The van der Waals surface area contributed by atoms with E-state index in [0.29, 0.717) is 12.8 Å². The van der Waals surface area contributed by atoms with Crippen LogP contribution in [0.3, 0.4) is 0 Å². The first-order chi connectivity index (χ1) is 28.2. The van der Waals surface area contributed by atoms with Crippen LogP contribution < -0.4 is 10.2 Å². The molecule has 0 heterocycles. The van der Waals surface area contributed by atoms with E-state index >= 15 is 0 Å². The number of nitrogens with one attached hydrogen (secondary N) is 1. The van der Waals surface area contributed by atoms with Gasteiger partial charge in [-0.1, -0.05) is 141 Å². The second-order valence-electron chi connectivity index (χ2n) is 15.1. The van der Waals surface area contributed by atoms with Crippen LogP contribution in [-0.4, -0.2) is 70.8 Å². The maximum absolute atomic E-state index is 12.7. The summed E-state index contributed by atoms with van der Waals surface area (Å²) in [4.78, 5) is 49.2. The fourth-order valence-electron chi connectivity index (χ4n) is 6.09. The van der Waals surface area contributed by atoms with Gasteiger partial charge in [0.2, 0.25) is 0 Å². The average molecular weight is 845 g/mol. The summed E-state index contributed by atoms with van der Waals surface area (Å²) >= 11 is 0. The van der Waals surface area contributed by atoms with Crippen LogP contribution in [-0.2, 0) is 42.1 Å². The van der Waals surface area contributed by atoms with E-state index in [1.54, 1.807) is 0 Å². The number of phosphoric acid groups is 1. The van der Waals surface area contributed by atoms with Gasteiger partial charge in [0.1, 0.15) is 13.2 Å². The highest BCUT2D eigenvalue weighted by Gasteiger charge is 2.21. The molecule has 0 aliphatic rings. The molecule has 0 saturated heterocycles. The normalized spacial score (nSPS) is 13.2. The number of ether oxygens (including phenoxy) is 4. The Labute approximate surface area is 352 Å². The van der Waals surface area contributed by atoms with Crippen molar-refractivity contribution in [2.75, 3.05) is 46.7 Å². The van der Waals surface area contributed by atoms with Gasteiger partial charge in [0, 0.05) is 26.5 Å². The molecular weight excluding hydrogens is 761 g/mol. The first kappa shape index (κ1) is 55.8. The summed E-state index contributed by atoms with van der Waals surface area (Å²) in [6, 6.07) is 0. The van der Waals surface area contributed by atoms with Crippen molar-refractivity contribution in [3.63, 3.8) is 0 Å². The van der Waals surface area contributed by atoms with Gasteiger partial charge in [0.05, 0.1) is 19.8 Å². The second kappa shape index (κ2) is 42.9. The minimum Gasteiger partial charge on any atom is -0.756 e. The maximum Gasteiger partial charge on any atom is 0.407 e. The SMILES string of the molecule is CCCCCCCC/C=C\CCCCCCCC(=O)OC[C@H](COP(=O)([O-])OCCNC(=O)OCCOC)OC(=O)CCCCCCC/C=C\CCCCCCCC. The number of carbonyl (C=O) groups excluding carboxylic acids is 3. The molecule has 0 bridgehead atoms. The van der Waals surface area contributed by atoms with E-state index in [0.717, 1.165) is 77.0 Å². The van der Waals surface area contributed by atoms with Crippen LogP contribution in [0.15, 0.2) is 24.3 Å². The summed E-state index contributed by atoms with van der Waals surface area (Å²) in [6.45, 7) is 3.29. The van der Waals surface area contributed by atoms with Gasteiger partial charge in [-0.05, 0) is 64.2 Å². The Hall–Kier alpha value is -2.24. The maximum atomic E-state index is 12.7. The zero-order valence-electron chi connectivity index (χ0n) is 36.9. The Morgan fingerprint density at radius 2 is 1.00 bits per heavy atom. The van der Waals surface area contributed by atoms with Crippen LogP contribution in [0.5, 0.6) is 0 Å². The van der Waals surface area contributed by atoms with Crippen molar-refractivity contribution in [1.82, 2.24) is 5.32 Å². The number of rotatable bonds is 43. The highest BCUT2D eigenvalue weighted by molar-refractivity contribution is 7.45. The third kappa shape index (κ3) is 41.9. The fourth-order valence-corrected chi connectivity index (χ4v) is 6.83. The molecule has 0 rings (SSSR count). The number of methoxy groups -OCH3 is 1. The number of allylic oxidation sites excluding steroid dienone is 4. The van der Waals surface area contributed by atoms with Crippen molar-refractivity contribution in [3.8, 4) is 0 Å². The Kier molecular flexibility index (Phi) is 41.2. The average Bonchev–Trinajstić information content (AvgIpc) is 3.20. The molecular formula is C45H83NO11P-. The van der Waals surface area contributed by atoms with Crippen molar-refractivity contribution in [3.05, 3.63) is 24.3 Å².